The van der Waals surface area contributed by atoms with Gasteiger partial charge in [-0.05, 0) is 43.1 Å². The van der Waals surface area contributed by atoms with E-state index in [9.17, 15) is 4.79 Å². The first-order valence-electron chi connectivity index (χ1n) is 8.09. The highest BCUT2D eigenvalue weighted by Gasteiger charge is 2.49. The van der Waals surface area contributed by atoms with Crippen molar-refractivity contribution in [3.8, 4) is 0 Å². The number of hydrogen-bond acceptors (Lipinski definition) is 1. The molecule has 20 heavy (non-hydrogen) atoms. The van der Waals surface area contributed by atoms with E-state index in [0.29, 0.717) is 11.8 Å². The minimum atomic E-state index is -0.227. The molecular weight excluding hydrogens is 246 g/mol. The summed E-state index contributed by atoms with van der Waals surface area (Å²) in [4.78, 5) is 12.3. The highest BCUT2D eigenvalue weighted by Crippen LogP contribution is 2.54. The van der Waals surface area contributed by atoms with E-state index in [1.165, 1.54) is 44.1 Å². The zero-order chi connectivity index (χ0) is 14.0. The van der Waals surface area contributed by atoms with Crippen LogP contribution in [0.15, 0.2) is 30.3 Å². The Balaban J connectivity index is 1.92. The quantitative estimate of drug-likeness (QED) is 0.887. The normalized spacial score (nSPS) is 29.2. The number of benzene rings is 1. The molecule has 1 aromatic rings. The summed E-state index contributed by atoms with van der Waals surface area (Å²) >= 11 is 0. The van der Waals surface area contributed by atoms with Gasteiger partial charge in [0.25, 0.3) is 0 Å². The van der Waals surface area contributed by atoms with Crippen LogP contribution in [0.4, 0.5) is 0 Å². The maximum Gasteiger partial charge on any atom is 0.223 e. The standard InChI is InChI=1S/C18H25NO/c19-17(20)18(12-5-2-6-13-18)16-11-7-10-15(16)14-8-3-1-4-9-14/h1,3-4,8-9,15-16H,2,5-7,10-13H2,(H2,19,20)/t15-,16+/m1/s1. The van der Waals surface area contributed by atoms with E-state index in [4.69, 9.17) is 5.73 Å². The van der Waals surface area contributed by atoms with Gasteiger partial charge in [0.05, 0.1) is 5.41 Å². The smallest absolute Gasteiger partial charge is 0.223 e. The van der Waals surface area contributed by atoms with Gasteiger partial charge < -0.3 is 5.73 Å². The molecule has 3 rings (SSSR count). The monoisotopic (exact) mass is 271 g/mol. The molecule has 1 aromatic carbocycles. The molecule has 0 unspecified atom stereocenters. The topological polar surface area (TPSA) is 43.1 Å². The van der Waals surface area contributed by atoms with Crippen LogP contribution < -0.4 is 5.73 Å². The number of hydrogen-bond donors (Lipinski definition) is 1. The first-order valence-corrected chi connectivity index (χ1v) is 8.09. The fourth-order valence-electron chi connectivity index (χ4n) is 4.70. The van der Waals surface area contributed by atoms with Crippen molar-refractivity contribution in [2.75, 3.05) is 0 Å². The molecule has 2 fully saturated rings. The lowest BCUT2D eigenvalue weighted by atomic mass is 9.61. The highest BCUT2D eigenvalue weighted by molar-refractivity contribution is 5.81. The maximum atomic E-state index is 12.3. The molecule has 2 heteroatoms. The third-order valence-corrected chi connectivity index (χ3v) is 5.69. The Labute approximate surface area is 121 Å². The largest absolute Gasteiger partial charge is 0.369 e. The Hall–Kier alpha value is -1.31. The lowest BCUT2D eigenvalue weighted by Gasteiger charge is -2.42. The van der Waals surface area contributed by atoms with E-state index in [1.54, 1.807) is 0 Å². The number of carbonyl (C=O) groups is 1. The maximum absolute atomic E-state index is 12.3. The minimum absolute atomic E-state index is 0.0370. The molecule has 1 amide bonds. The summed E-state index contributed by atoms with van der Waals surface area (Å²) in [6.45, 7) is 0. The molecule has 0 aliphatic heterocycles. The fraction of sp³-hybridized carbons (Fsp3) is 0.611. The zero-order valence-electron chi connectivity index (χ0n) is 12.2. The van der Waals surface area contributed by atoms with Gasteiger partial charge in [-0.2, -0.15) is 0 Å². The van der Waals surface area contributed by atoms with E-state index in [-0.39, 0.29) is 11.3 Å². The van der Waals surface area contributed by atoms with E-state index in [1.807, 2.05) is 0 Å². The van der Waals surface area contributed by atoms with Crippen LogP contribution in [0.25, 0.3) is 0 Å². The van der Waals surface area contributed by atoms with Crippen LogP contribution in [0.3, 0.4) is 0 Å². The predicted molar refractivity (Wildman–Crippen MR) is 81.2 cm³/mol. The van der Waals surface area contributed by atoms with Crippen molar-refractivity contribution in [2.45, 2.75) is 57.3 Å². The van der Waals surface area contributed by atoms with E-state index in [2.05, 4.69) is 30.3 Å². The van der Waals surface area contributed by atoms with Gasteiger partial charge in [0, 0.05) is 0 Å². The minimum Gasteiger partial charge on any atom is -0.369 e. The van der Waals surface area contributed by atoms with Gasteiger partial charge in [-0.1, -0.05) is 56.0 Å². The van der Waals surface area contributed by atoms with Gasteiger partial charge in [0.1, 0.15) is 0 Å². The van der Waals surface area contributed by atoms with Crippen LogP contribution in [0.1, 0.15) is 62.8 Å². The Kier molecular flexibility index (Phi) is 3.82. The van der Waals surface area contributed by atoms with Gasteiger partial charge in [0.2, 0.25) is 5.91 Å². The van der Waals surface area contributed by atoms with Crippen molar-refractivity contribution in [2.24, 2.45) is 17.1 Å². The Morgan fingerprint density at radius 3 is 2.35 bits per heavy atom. The van der Waals surface area contributed by atoms with Crippen molar-refractivity contribution < 1.29 is 4.79 Å². The molecular formula is C18H25NO. The number of primary amides is 1. The zero-order valence-corrected chi connectivity index (χ0v) is 12.2. The summed E-state index contributed by atoms with van der Waals surface area (Å²) < 4.78 is 0. The van der Waals surface area contributed by atoms with Gasteiger partial charge in [-0.15, -0.1) is 0 Å². The van der Waals surface area contributed by atoms with Crippen molar-refractivity contribution in [1.29, 1.82) is 0 Å². The molecule has 2 aliphatic carbocycles. The molecule has 2 nitrogen and oxygen atoms in total. The summed E-state index contributed by atoms with van der Waals surface area (Å²) in [5.74, 6) is 0.953. The molecule has 2 saturated carbocycles. The number of amides is 1. The highest BCUT2D eigenvalue weighted by atomic mass is 16.1. The van der Waals surface area contributed by atoms with Crippen LogP contribution in [-0.4, -0.2) is 5.91 Å². The molecule has 2 aliphatic rings. The van der Waals surface area contributed by atoms with E-state index >= 15 is 0 Å². The molecule has 0 spiro atoms. The Morgan fingerprint density at radius 1 is 1.00 bits per heavy atom. The van der Waals surface area contributed by atoms with Crippen LogP contribution in [-0.2, 0) is 4.79 Å². The second-order valence-corrected chi connectivity index (χ2v) is 6.64. The van der Waals surface area contributed by atoms with Crippen LogP contribution in [0.2, 0.25) is 0 Å². The van der Waals surface area contributed by atoms with Gasteiger partial charge in [-0.25, -0.2) is 0 Å². The van der Waals surface area contributed by atoms with Gasteiger partial charge in [-0.3, -0.25) is 4.79 Å². The van der Waals surface area contributed by atoms with Crippen LogP contribution in [0.5, 0.6) is 0 Å². The molecule has 2 atom stereocenters. The SMILES string of the molecule is NC(=O)C1([C@H]2CCC[C@@H]2c2ccccc2)CCCCC1. The lowest BCUT2D eigenvalue weighted by Crippen LogP contribution is -2.45. The first-order chi connectivity index (χ1) is 9.74. The fourth-order valence-corrected chi connectivity index (χ4v) is 4.70. The number of nitrogens with two attached hydrogens (primary N) is 1. The van der Waals surface area contributed by atoms with Gasteiger partial charge in [0.15, 0.2) is 0 Å². The average molecular weight is 271 g/mol. The Morgan fingerprint density at radius 2 is 1.70 bits per heavy atom. The second-order valence-electron chi connectivity index (χ2n) is 6.64. The predicted octanol–water partition coefficient (Wildman–Crippen LogP) is 4.01. The second kappa shape index (κ2) is 5.59. The third kappa shape index (κ3) is 2.25. The summed E-state index contributed by atoms with van der Waals surface area (Å²) in [6.07, 6.45) is 9.23. The summed E-state index contributed by atoms with van der Waals surface area (Å²) in [5.41, 5.74) is 7.06. The molecule has 0 radical (unpaired) electrons. The van der Waals surface area contributed by atoms with Crippen LogP contribution >= 0.6 is 0 Å². The van der Waals surface area contributed by atoms with E-state index < -0.39 is 0 Å². The summed E-state index contributed by atoms with van der Waals surface area (Å²) in [6, 6.07) is 10.7. The summed E-state index contributed by atoms with van der Waals surface area (Å²) in [7, 11) is 0. The summed E-state index contributed by atoms with van der Waals surface area (Å²) in [5, 5.41) is 0. The molecule has 2 N–H and O–H groups in total. The molecule has 0 bridgehead atoms. The molecule has 0 heterocycles. The van der Waals surface area contributed by atoms with Crippen molar-refractivity contribution in [1.82, 2.24) is 0 Å². The van der Waals surface area contributed by atoms with Crippen molar-refractivity contribution in [3.05, 3.63) is 35.9 Å². The van der Waals surface area contributed by atoms with Gasteiger partial charge >= 0.3 is 0 Å². The Bertz CT molecular complexity index is 462. The molecule has 0 aromatic heterocycles. The third-order valence-electron chi connectivity index (χ3n) is 5.69. The average Bonchev–Trinajstić information content (AvgIpc) is 2.98. The number of rotatable bonds is 3. The molecule has 108 valence electrons. The molecule has 0 saturated heterocycles. The number of carbonyl (C=O) groups excluding carboxylic acids is 1. The van der Waals surface area contributed by atoms with Crippen molar-refractivity contribution in [3.63, 3.8) is 0 Å². The van der Waals surface area contributed by atoms with Crippen LogP contribution in [0, 0.1) is 11.3 Å². The van der Waals surface area contributed by atoms with E-state index in [0.717, 1.165) is 12.8 Å². The lowest BCUT2D eigenvalue weighted by molar-refractivity contribution is -0.133. The first kappa shape index (κ1) is 13.7. The van der Waals surface area contributed by atoms with Crippen molar-refractivity contribution >= 4 is 5.91 Å².